The molecule has 0 saturated carbocycles. The third-order valence-electron chi connectivity index (χ3n) is 4.99. The molecule has 3 rings (SSSR count). The van der Waals surface area contributed by atoms with Crippen LogP contribution < -0.4 is 10.6 Å². The fourth-order valence-electron chi connectivity index (χ4n) is 3.20. The van der Waals surface area contributed by atoms with Crippen LogP contribution in [-0.2, 0) is 4.79 Å². The molecule has 0 spiro atoms. The van der Waals surface area contributed by atoms with E-state index in [-0.39, 0.29) is 37.1 Å². The first kappa shape index (κ1) is 25.1. The van der Waals surface area contributed by atoms with Crippen molar-refractivity contribution < 1.29 is 14.4 Å². The molecule has 0 bridgehead atoms. The number of halogens is 1. The van der Waals surface area contributed by atoms with Crippen LogP contribution in [0.1, 0.15) is 31.4 Å². The second-order valence-electron chi connectivity index (χ2n) is 7.30. The monoisotopic (exact) mass is 538 g/mol. The van der Waals surface area contributed by atoms with Crippen LogP contribution in [-0.4, -0.2) is 54.3 Å². The Kier molecular flexibility index (Phi) is 8.57. The van der Waals surface area contributed by atoms with E-state index < -0.39 is 5.91 Å². The van der Waals surface area contributed by atoms with Gasteiger partial charge in [-0.3, -0.25) is 14.4 Å². The molecule has 0 aliphatic heterocycles. The Labute approximate surface area is 210 Å². The van der Waals surface area contributed by atoms with Crippen molar-refractivity contribution in [2.24, 2.45) is 0 Å². The number of benzene rings is 2. The molecule has 0 atom stereocenters. The van der Waals surface area contributed by atoms with Crippen LogP contribution in [0.3, 0.4) is 0 Å². The Bertz CT molecular complexity index is 1250. The molecule has 34 heavy (non-hydrogen) atoms. The zero-order chi connectivity index (χ0) is 24.7. The molecule has 1 aromatic heterocycles. The van der Waals surface area contributed by atoms with E-state index in [0.717, 1.165) is 11.1 Å². The molecule has 0 aliphatic carbocycles. The summed E-state index contributed by atoms with van der Waals surface area (Å²) in [5.74, 6) is 1.45. The van der Waals surface area contributed by atoms with Crippen LogP contribution in [0.15, 0.2) is 53.0 Å². The molecule has 7 nitrogen and oxygen atoms in total. The van der Waals surface area contributed by atoms with Gasteiger partial charge in [0.15, 0.2) is 5.01 Å². The van der Waals surface area contributed by atoms with Crippen LogP contribution >= 0.6 is 27.3 Å². The predicted octanol–water partition coefficient (Wildman–Crippen LogP) is 3.48. The summed E-state index contributed by atoms with van der Waals surface area (Å²) in [6.07, 6.45) is 5.50. The van der Waals surface area contributed by atoms with E-state index >= 15 is 0 Å². The van der Waals surface area contributed by atoms with Gasteiger partial charge in [0, 0.05) is 24.6 Å². The third-order valence-corrected chi connectivity index (χ3v) is 7.08. The maximum absolute atomic E-state index is 13.2. The second-order valence-corrected chi connectivity index (χ2v) is 9.09. The number of rotatable bonds is 8. The summed E-state index contributed by atoms with van der Waals surface area (Å²) < 4.78 is 0.669. The number of nitrogens with zero attached hydrogens (tertiary/aromatic N) is 2. The van der Waals surface area contributed by atoms with E-state index in [1.54, 1.807) is 12.1 Å². The highest BCUT2D eigenvalue weighted by Crippen LogP contribution is 2.30. The Hall–Kier alpha value is -3.48. The summed E-state index contributed by atoms with van der Waals surface area (Å²) >= 11 is 4.72. The van der Waals surface area contributed by atoms with Crippen molar-refractivity contribution in [2.75, 3.05) is 26.7 Å². The Morgan fingerprint density at radius 3 is 2.56 bits per heavy atom. The summed E-state index contributed by atoms with van der Waals surface area (Å²) in [6, 6.07) is 14.8. The van der Waals surface area contributed by atoms with Crippen molar-refractivity contribution in [2.45, 2.75) is 6.92 Å². The minimum Gasteiger partial charge on any atom is -0.358 e. The van der Waals surface area contributed by atoms with Crippen molar-refractivity contribution in [3.63, 3.8) is 0 Å². The number of hydrogen-bond donors (Lipinski definition) is 2. The zero-order valence-corrected chi connectivity index (χ0v) is 21.1. The predicted molar refractivity (Wildman–Crippen MR) is 137 cm³/mol. The maximum atomic E-state index is 13.2. The number of aromatic nitrogens is 1. The average molecular weight is 539 g/mol. The number of thiazole rings is 1. The number of carbonyl (C=O) groups is 3. The SMILES string of the molecule is C#Cc1nc(C(=O)NCCN(CC(=O)NC)C(=O)c2cccc(C)c2Br)c(-c2ccccc2)s1. The van der Waals surface area contributed by atoms with Crippen LogP contribution in [0.5, 0.6) is 0 Å². The van der Waals surface area contributed by atoms with Crippen molar-refractivity contribution in [1.29, 1.82) is 0 Å². The number of likely N-dealkylation sites (N-methyl/N-ethyl adjacent to an activating group) is 1. The molecular weight excluding hydrogens is 516 g/mol. The van der Waals surface area contributed by atoms with Gasteiger partial charge < -0.3 is 15.5 Å². The summed E-state index contributed by atoms with van der Waals surface area (Å²) in [6.45, 7) is 2.00. The van der Waals surface area contributed by atoms with Crippen LogP contribution in [0.25, 0.3) is 10.4 Å². The molecule has 0 saturated heterocycles. The Morgan fingerprint density at radius 2 is 1.88 bits per heavy atom. The Balaban J connectivity index is 1.76. The topological polar surface area (TPSA) is 91.4 Å². The van der Waals surface area contributed by atoms with Crippen LogP contribution in [0.2, 0.25) is 0 Å². The lowest BCUT2D eigenvalue weighted by Crippen LogP contribution is -2.43. The van der Waals surface area contributed by atoms with Gasteiger partial charge in [-0.05, 0) is 46.0 Å². The molecule has 2 aromatic carbocycles. The van der Waals surface area contributed by atoms with E-state index in [1.165, 1.54) is 23.3 Å². The van der Waals surface area contributed by atoms with E-state index in [9.17, 15) is 14.4 Å². The smallest absolute Gasteiger partial charge is 0.271 e. The van der Waals surface area contributed by atoms with Crippen molar-refractivity contribution >= 4 is 45.0 Å². The second kappa shape index (κ2) is 11.6. The van der Waals surface area contributed by atoms with Gasteiger partial charge in [-0.1, -0.05) is 42.5 Å². The number of terminal acetylenes is 1. The summed E-state index contributed by atoms with van der Waals surface area (Å²) in [4.78, 5) is 44.5. The molecule has 3 amide bonds. The van der Waals surface area contributed by atoms with Crippen molar-refractivity contribution in [3.8, 4) is 22.8 Å². The largest absolute Gasteiger partial charge is 0.358 e. The lowest BCUT2D eigenvalue weighted by molar-refractivity contribution is -0.121. The highest BCUT2D eigenvalue weighted by Gasteiger charge is 2.23. The summed E-state index contributed by atoms with van der Waals surface area (Å²) in [5, 5.41) is 5.74. The minimum atomic E-state index is -0.402. The number of aryl methyl sites for hydroxylation is 1. The van der Waals surface area contributed by atoms with Gasteiger partial charge >= 0.3 is 0 Å². The van der Waals surface area contributed by atoms with E-state index in [0.29, 0.717) is 19.9 Å². The molecule has 2 N–H and O–H groups in total. The molecular formula is C25H23BrN4O3S. The van der Waals surface area contributed by atoms with Gasteiger partial charge in [-0.2, -0.15) is 0 Å². The van der Waals surface area contributed by atoms with Gasteiger partial charge in [0.25, 0.3) is 11.8 Å². The lowest BCUT2D eigenvalue weighted by Gasteiger charge is -2.23. The van der Waals surface area contributed by atoms with Crippen molar-refractivity contribution in [1.82, 2.24) is 20.5 Å². The number of amides is 3. The number of carbonyl (C=O) groups excluding carboxylic acids is 3. The lowest BCUT2D eigenvalue weighted by atomic mass is 10.1. The minimum absolute atomic E-state index is 0.127. The highest BCUT2D eigenvalue weighted by molar-refractivity contribution is 9.10. The average Bonchev–Trinajstić information content (AvgIpc) is 3.30. The first-order valence-corrected chi connectivity index (χ1v) is 12.0. The first-order chi connectivity index (χ1) is 16.3. The molecule has 3 aromatic rings. The molecule has 174 valence electrons. The van der Waals surface area contributed by atoms with Gasteiger partial charge in [0.2, 0.25) is 5.91 Å². The summed E-state index contributed by atoms with van der Waals surface area (Å²) in [7, 11) is 1.51. The summed E-state index contributed by atoms with van der Waals surface area (Å²) in [5.41, 5.74) is 2.42. The third kappa shape index (κ3) is 5.90. The fraction of sp³-hybridized carbons (Fsp3) is 0.200. The molecule has 1 heterocycles. The molecule has 0 aliphatic rings. The maximum Gasteiger partial charge on any atom is 0.271 e. The number of hydrogen-bond acceptors (Lipinski definition) is 5. The van der Waals surface area contributed by atoms with E-state index in [4.69, 9.17) is 6.42 Å². The molecule has 0 fully saturated rings. The first-order valence-electron chi connectivity index (χ1n) is 10.4. The normalized spacial score (nSPS) is 10.3. The van der Waals surface area contributed by atoms with Gasteiger partial charge in [0.05, 0.1) is 17.0 Å². The van der Waals surface area contributed by atoms with Gasteiger partial charge in [-0.15, -0.1) is 17.8 Å². The van der Waals surface area contributed by atoms with E-state index in [1.807, 2.05) is 43.3 Å². The number of nitrogens with one attached hydrogen (secondary N) is 2. The quantitative estimate of drug-likeness (QED) is 0.429. The Morgan fingerprint density at radius 1 is 1.15 bits per heavy atom. The standard InChI is InChI=1S/C25H23BrN4O3S/c1-4-20-29-22(23(34-20)17-10-6-5-7-11-17)24(32)28-13-14-30(15-19(31)27-3)25(33)18-12-8-9-16(2)21(18)26/h1,5-12H,13-15H2,2-3H3,(H,27,31)(H,28,32). The van der Waals surface area contributed by atoms with Gasteiger partial charge in [-0.25, -0.2) is 4.98 Å². The molecule has 0 radical (unpaired) electrons. The van der Waals surface area contributed by atoms with E-state index in [2.05, 4.69) is 37.5 Å². The van der Waals surface area contributed by atoms with Crippen LogP contribution in [0, 0.1) is 19.3 Å². The van der Waals surface area contributed by atoms with Gasteiger partial charge in [0.1, 0.15) is 5.69 Å². The van der Waals surface area contributed by atoms with Crippen LogP contribution in [0.4, 0.5) is 0 Å². The fourth-order valence-corrected chi connectivity index (χ4v) is 4.51. The van der Waals surface area contributed by atoms with Crippen molar-refractivity contribution in [3.05, 3.63) is 74.8 Å². The molecule has 0 unspecified atom stereocenters. The zero-order valence-electron chi connectivity index (χ0n) is 18.7. The molecule has 9 heteroatoms. The highest BCUT2D eigenvalue weighted by atomic mass is 79.9.